The van der Waals surface area contributed by atoms with Crippen molar-refractivity contribution in [1.29, 1.82) is 0 Å². The van der Waals surface area contributed by atoms with Crippen molar-refractivity contribution >= 4 is 0 Å². The van der Waals surface area contributed by atoms with Crippen molar-refractivity contribution in [3.05, 3.63) is 18.2 Å². The Kier molecular flexibility index (Phi) is 5.18. The fraction of sp³-hybridized carbons (Fsp3) is 0.800. The van der Waals surface area contributed by atoms with Crippen LogP contribution in [0.5, 0.6) is 0 Å². The van der Waals surface area contributed by atoms with Gasteiger partial charge in [0.05, 0.1) is 25.8 Å². The van der Waals surface area contributed by atoms with Crippen LogP contribution in [0.1, 0.15) is 33.5 Å². The first-order valence-corrected chi connectivity index (χ1v) is 7.57. The van der Waals surface area contributed by atoms with Gasteiger partial charge in [-0.1, -0.05) is 6.92 Å². The molecule has 0 spiro atoms. The van der Waals surface area contributed by atoms with Gasteiger partial charge in [-0.2, -0.15) is 0 Å². The number of hydrogen-bond acceptors (Lipinski definition) is 4. The van der Waals surface area contributed by atoms with E-state index in [-0.39, 0.29) is 11.6 Å². The van der Waals surface area contributed by atoms with E-state index in [2.05, 4.69) is 47.5 Å². The van der Waals surface area contributed by atoms with Crippen molar-refractivity contribution in [3.8, 4) is 0 Å². The predicted octanol–water partition coefficient (Wildman–Crippen LogP) is 1.49. The molecule has 1 atom stereocenters. The first kappa shape index (κ1) is 15.5. The van der Waals surface area contributed by atoms with Crippen LogP contribution < -0.4 is 5.32 Å². The maximum atomic E-state index is 5.87. The van der Waals surface area contributed by atoms with E-state index in [1.54, 1.807) is 0 Å². The van der Waals surface area contributed by atoms with E-state index in [1.807, 2.05) is 12.4 Å². The van der Waals surface area contributed by atoms with Gasteiger partial charge in [0.2, 0.25) is 0 Å². The molecule has 5 nitrogen and oxygen atoms in total. The van der Waals surface area contributed by atoms with Crippen LogP contribution in [0.25, 0.3) is 0 Å². The molecule has 1 N–H and O–H groups in total. The average molecular weight is 280 g/mol. The van der Waals surface area contributed by atoms with Gasteiger partial charge in [-0.25, -0.2) is 4.98 Å². The number of nitrogens with zero attached hydrogens (tertiary/aromatic N) is 3. The predicted molar refractivity (Wildman–Crippen MR) is 80.7 cm³/mol. The zero-order chi connectivity index (χ0) is 14.6. The van der Waals surface area contributed by atoms with Gasteiger partial charge in [0.1, 0.15) is 5.82 Å². The summed E-state index contributed by atoms with van der Waals surface area (Å²) in [5.41, 5.74) is 0.108. The molecule has 1 unspecified atom stereocenters. The molecular weight excluding hydrogens is 252 g/mol. The Hall–Kier alpha value is -0.910. The maximum absolute atomic E-state index is 5.87. The third kappa shape index (κ3) is 4.58. The van der Waals surface area contributed by atoms with Crippen LogP contribution in [0.3, 0.4) is 0 Å². The van der Waals surface area contributed by atoms with E-state index >= 15 is 0 Å². The molecule has 0 amide bonds. The van der Waals surface area contributed by atoms with E-state index in [4.69, 9.17) is 4.74 Å². The summed E-state index contributed by atoms with van der Waals surface area (Å²) < 4.78 is 8.08. The molecule has 0 bridgehead atoms. The maximum Gasteiger partial charge on any atom is 0.122 e. The van der Waals surface area contributed by atoms with Crippen molar-refractivity contribution in [2.45, 2.75) is 52.4 Å². The normalized spacial score (nSPS) is 21.3. The zero-order valence-electron chi connectivity index (χ0n) is 13.2. The number of imidazole rings is 1. The van der Waals surface area contributed by atoms with E-state index in [9.17, 15) is 0 Å². The molecule has 5 heteroatoms. The van der Waals surface area contributed by atoms with Gasteiger partial charge in [-0.05, 0) is 27.3 Å². The quantitative estimate of drug-likeness (QED) is 0.887. The lowest BCUT2D eigenvalue weighted by atomic mass is 10.1. The Morgan fingerprint density at radius 2 is 2.25 bits per heavy atom. The third-order valence-electron chi connectivity index (χ3n) is 3.65. The van der Waals surface area contributed by atoms with Crippen molar-refractivity contribution in [1.82, 2.24) is 19.8 Å². The van der Waals surface area contributed by atoms with Gasteiger partial charge in [-0.15, -0.1) is 0 Å². The van der Waals surface area contributed by atoms with Gasteiger partial charge in [0, 0.05) is 31.0 Å². The van der Waals surface area contributed by atoms with E-state index in [1.165, 1.54) is 0 Å². The number of aromatic nitrogens is 2. The molecule has 1 aliphatic rings. The lowest BCUT2D eigenvalue weighted by Crippen LogP contribution is -2.44. The van der Waals surface area contributed by atoms with Gasteiger partial charge in [-0.3, -0.25) is 4.90 Å². The highest BCUT2D eigenvalue weighted by atomic mass is 16.5. The Morgan fingerprint density at radius 3 is 2.95 bits per heavy atom. The summed E-state index contributed by atoms with van der Waals surface area (Å²) >= 11 is 0. The summed E-state index contributed by atoms with van der Waals surface area (Å²) in [5, 5.41) is 3.49. The Bertz CT molecular complexity index is 410. The van der Waals surface area contributed by atoms with Crippen LogP contribution >= 0.6 is 0 Å². The fourth-order valence-electron chi connectivity index (χ4n) is 2.42. The minimum atomic E-state index is 0.108. The van der Waals surface area contributed by atoms with E-state index in [0.717, 1.165) is 45.2 Å². The number of ether oxygens (including phenoxy) is 1. The number of hydrogen-bond donors (Lipinski definition) is 1. The molecule has 1 aliphatic heterocycles. The molecule has 0 saturated carbocycles. The molecule has 2 heterocycles. The molecule has 2 rings (SSSR count). The highest BCUT2D eigenvalue weighted by molar-refractivity contribution is 4.94. The van der Waals surface area contributed by atoms with E-state index in [0.29, 0.717) is 0 Å². The number of morpholine rings is 1. The molecule has 1 aromatic heterocycles. The highest BCUT2D eigenvalue weighted by Crippen LogP contribution is 2.10. The number of nitrogens with one attached hydrogen (secondary N) is 1. The van der Waals surface area contributed by atoms with Crippen LogP contribution in [-0.2, 0) is 17.8 Å². The Morgan fingerprint density at radius 1 is 1.45 bits per heavy atom. The lowest BCUT2D eigenvalue weighted by molar-refractivity contribution is -0.0346. The first-order valence-electron chi connectivity index (χ1n) is 7.57. The summed E-state index contributed by atoms with van der Waals surface area (Å²) in [6.45, 7) is 14.4. The first-order chi connectivity index (χ1) is 9.48. The van der Waals surface area contributed by atoms with Crippen LogP contribution in [0.15, 0.2) is 12.4 Å². The van der Waals surface area contributed by atoms with Crippen molar-refractivity contribution in [2.24, 2.45) is 0 Å². The molecular formula is C15H28N4O. The topological polar surface area (TPSA) is 42.3 Å². The number of likely N-dealkylation sites (N-methyl/N-ethyl adjacent to an activating group) is 1. The van der Waals surface area contributed by atoms with Crippen molar-refractivity contribution < 1.29 is 4.74 Å². The largest absolute Gasteiger partial charge is 0.374 e. The molecule has 20 heavy (non-hydrogen) atoms. The Balaban J connectivity index is 1.91. The highest BCUT2D eigenvalue weighted by Gasteiger charge is 2.20. The van der Waals surface area contributed by atoms with Crippen molar-refractivity contribution in [2.75, 3.05) is 26.2 Å². The van der Waals surface area contributed by atoms with Gasteiger partial charge in [0.15, 0.2) is 0 Å². The molecule has 1 saturated heterocycles. The molecule has 1 fully saturated rings. The smallest absolute Gasteiger partial charge is 0.122 e. The van der Waals surface area contributed by atoms with Gasteiger partial charge in [0.25, 0.3) is 0 Å². The monoisotopic (exact) mass is 280 g/mol. The summed E-state index contributed by atoms with van der Waals surface area (Å²) in [4.78, 5) is 6.90. The number of rotatable bonds is 5. The Labute approximate surface area is 122 Å². The minimum absolute atomic E-state index is 0.108. The summed E-state index contributed by atoms with van der Waals surface area (Å²) in [7, 11) is 0. The molecule has 1 aromatic rings. The second-order valence-corrected chi connectivity index (χ2v) is 6.49. The standard InChI is InChI=1S/C15H28N4O/c1-5-18-8-9-20-13(11-18)12-19-7-6-16-14(19)10-17-15(2,3)4/h6-7,13,17H,5,8-12H2,1-4H3. The summed E-state index contributed by atoms with van der Waals surface area (Å²) in [5.74, 6) is 1.08. The lowest BCUT2D eigenvalue weighted by Gasteiger charge is -2.32. The fourth-order valence-corrected chi connectivity index (χ4v) is 2.42. The summed E-state index contributed by atoms with van der Waals surface area (Å²) in [6, 6.07) is 0. The molecule has 114 valence electrons. The van der Waals surface area contributed by atoms with Crippen LogP contribution in [0, 0.1) is 0 Å². The minimum Gasteiger partial charge on any atom is -0.374 e. The SMILES string of the molecule is CCN1CCOC(Cn2ccnc2CNC(C)(C)C)C1. The second-order valence-electron chi connectivity index (χ2n) is 6.49. The van der Waals surface area contributed by atoms with Crippen molar-refractivity contribution in [3.63, 3.8) is 0 Å². The summed E-state index contributed by atoms with van der Waals surface area (Å²) in [6.07, 6.45) is 4.19. The average Bonchev–Trinajstić information content (AvgIpc) is 2.83. The molecule has 0 aromatic carbocycles. The molecule has 0 aliphatic carbocycles. The van der Waals surface area contributed by atoms with Crippen LogP contribution in [0.4, 0.5) is 0 Å². The zero-order valence-corrected chi connectivity index (χ0v) is 13.2. The molecule has 0 radical (unpaired) electrons. The van der Waals surface area contributed by atoms with Crippen LogP contribution in [-0.4, -0.2) is 52.3 Å². The third-order valence-corrected chi connectivity index (χ3v) is 3.65. The van der Waals surface area contributed by atoms with E-state index < -0.39 is 0 Å². The van der Waals surface area contributed by atoms with Gasteiger partial charge < -0.3 is 14.6 Å². The second kappa shape index (κ2) is 6.70. The van der Waals surface area contributed by atoms with Gasteiger partial charge >= 0.3 is 0 Å². The van der Waals surface area contributed by atoms with Crippen LogP contribution in [0.2, 0.25) is 0 Å².